The predicted molar refractivity (Wildman–Crippen MR) is 132 cm³/mol. The van der Waals surface area contributed by atoms with Crippen molar-refractivity contribution in [3.63, 3.8) is 0 Å². The highest BCUT2D eigenvalue weighted by Crippen LogP contribution is 2.38. The van der Waals surface area contributed by atoms with Gasteiger partial charge in [0, 0.05) is 29.2 Å². The number of nitrogens with zero attached hydrogens (tertiary/aromatic N) is 1. The average molecular weight is 527 g/mol. The number of carbonyl (C=O) groups excluding carboxylic acids is 1. The van der Waals surface area contributed by atoms with E-state index >= 15 is 0 Å². The maximum Gasteiger partial charge on any atom is 0.305 e. The predicted octanol–water partition coefficient (Wildman–Crippen LogP) is 4.33. The molecule has 1 atom stereocenters. The first-order valence-electron chi connectivity index (χ1n) is 11.0. The molecule has 1 unspecified atom stereocenters. The van der Waals surface area contributed by atoms with E-state index in [1.807, 2.05) is 44.2 Å². The Balaban J connectivity index is 1.89. The molecular weight excluding hydrogens is 499 g/mol. The molecule has 2 aromatic rings. The summed E-state index contributed by atoms with van der Waals surface area (Å²) in [5.74, 6) is -1.36. The number of carboxylic acids is 1. The molecule has 1 aliphatic heterocycles. The van der Waals surface area contributed by atoms with Crippen molar-refractivity contribution in [3.05, 3.63) is 64.1 Å². The van der Waals surface area contributed by atoms with Crippen molar-refractivity contribution in [1.82, 2.24) is 9.62 Å². The summed E-state index contributed by atoms with van der Waals surface area (Å²) in [7, 11) is -3.86. The zero-order valence-corrected chi connectivity index (χ0v) is 21.3. The van der Waals surface area contributed by atoms with Crippen LogP contribution in [0.15, 0.2) is 53.4 Å². The van der Waals surface area contributed by atoms with Crippen LogP contribution in [0, 0.1) is 5.92 Å². The molecule has 0 aromatic heterocycles. The minimum absolute atomic E-state index is 0.00277. The molecule has 1 amide bonds. The van der Waals surface area contributed by atoms with Gasteiger partial charge in [0.05, 0.1) is 16.7 Å². The van der Waals surface area contributed by atoms with Crippen LogP contribution in [0.2, 0.25) is 10.0 Å². The number of aliphatic carboxylic acids is 1. The smallest absolute Gasteiger partial charge is 0.305 e. The van der Waals surface area contributed by atoms with Crippen LogP contribution in [0.1, 0.15) is 38.7 Å². The van der Waals surface area contributed by atoms with Gasteiger partial charge in [0.25, 0.3) is 0 Å². The Hall–Kier alpha value is -2.13. The van der Waals surface area contributed by atoms with Crippen LogP contribution in [0.4, 0.5) is 0 Å². The molecule has 7 nitrogen and oxygen atoms in total. The Morgan fingerprint density at radius 3 is 2.12 bits per heavy atom. The number of amides is 1. The number of sulfonamides is 1. The van der Waals surface area contributed by atoms with Crippen molar-refractivity contribution in [3.8, 4) is 0 Å². The minimum Gasteiger partial charge on any atom is -0.481 e. The standard InChI is InChI=1S/C24H28Cl2N2O5S/c1-16(2)21(15-22(29)30)27-23(31)24(17-6-4-3-5-7-17)8-10-28(11-9-24)34(32,33)20-13-18(25)12-19(26)14-20/h3-7,12-14,16,21H,8-11,15H2,1-2H3,(H,27,31)(H,29,30). The number of rotatable bonds is 8. The van der Waals surface area contributed by atoms with Crippen molar-refractivity contribution in [2.75, 3.05) is 13.1 Å². The zero-order valence-electron chi connectivity index (χ0n) is 19.0. The second-order valence-corrected chi connectivity index (χ2v) is 11.7. The fraction of sp³-hybridized carbons (Fsp3) is 0.417. The third-order valence-electron chi connectivity index (χ3n) is 6.33. The number of piperidine rings is 1. The highest BCUT2D eigenvalue weighted by molar-refractivity contribution is 7.89. The lowest BCUT2D eigenvalue weighted by Crippen LogP contribution is -2.55. The molecule has 0 radical (unpaired) electrons. The second kappa shape index (κ2) is 10.6. The van der Waals surface area contributed by atoms with Crippen molar-refractivity contribution in [2.45, 2.75) is 49.5 Å². The van der Waals surface area contributed by atoms with E-state index in [-0.39, 0.29) is 59.1 Å². The SMILES string of the molecule is CC(C)C(CC(=O)O)NC(=O)C1(c2ccccc2)CCN(S(=O)(=O)c2cc(Cl)cc(Cl)c2)CC1. The molecule has 1 heterocycles. The number of hydrogen-bond acceptors (Lipinski definition) is 4. The number of carboxylic acid groups (broad SMARTS) is 1. The average Bonchev–Trinajstić information content (AvgIpc) is 2.78. The molecule has 2 aromatic carbocycles. The number of carbonyl (C=O) groups is 2. The maximum absolute atomic E-state index is 13.6. The summed E-state index contributed by atoms with van der Waals surface area (Å²) < 4.78 is 27.8. The van der Waals surface area contributed by atoms with E-state index in [0.717, 1.165) is 5.56 Å². The third kappa shape index (κ3) is 5.74. The normalized spacial score (nSPS) is 17.3. The topological polar surface area (TPSA) is 104 Å². The van der Waals surface area contributed by atoms with Gasteiger partial charge in [0.15, 0.2) is 0 Å². The lowest BCUT2D eigenvalue weighted by atomic mass is 9.72. The van der Waals surface area contributed by atoms with Crippen LogP contribution in [-0.2, 0) is 25.0 Å². The largest absolute Gasteiger partial charge is 0.481 e. The summed E-state index contributed by atoms with van der Waals surface area (Å²) in [6.07, 6.45) is 0.298. The van der Waals surface area contributed by atoms with E-state index in [1.54, 1.807) is 0 Å². The van der Waals surface area contributed by atoms with E-state index in [2.05, 4.69) is 5.32 Å². The van der Waals surface area contributed by atoms with Gasteiger partial charge in [-0.3, -0.25) is 9.59 Å². The summed E-state index contributed by atoms with van der Waals surface area (Å²) in [6, 6.07) is 12.8. The molecule has 0 bridgehead atoms. The molecule has 0 saturated carbocycles. The van der Waals surface area contributed by atoms with Gasteiger partial charge in [-0.2, -0.15) is 4.31 Å². The Morgan fingerprint density at radius 2 is 1.62 bits per heavy atom. The van der Waals surface area contributed by atoms with Crippen LogP contribution in [-0.4, -0.2) is 48.8 Å². The van der Waals surface area contributed by atoms with Gasteiger partial charge < -0.3 is 10.4 Å². The van der Waals surface area contributed by atoms with Gasteiger partial charge in [-0.25, -0.2) is 8.42 Å². The number of halogens is 2. The molecule has 0 aliphatic carbocycles. The maximum atomic E-state index is 13.6. The number of hydrogen-bond donors (Lipinski definition) is 2. The van der Waals surface area contributed by atoms with E-state index in [0.29, 0.717) is 0 Å². The lowest BCUT2D eigenvalue weighted by Gasteiger charge is -2.41. The van der Waals surface area contributed by atoms with Crippen molar-refractivity contribution < 1.29 is 23.1 Å². The fourth-order valence-corrected chi connectivity index (χ4v) is 6.46. The van der Waals surface area contributed by atoms with Crippen LogP contribution in [0.5, 0.6) is 0 Å². The molecule has 10 heteroatoms. The molecular formula is C24H28Cl2N2O5S. The van der Waals surface area contributed by atoms with E-state index in [4.69, 9.17) is 23.2 Å². The monoisotopic (exact) mass is 526 g/mol. The van der Waals surface area contributed by atoms with Crippen molar-refractivity contribution in [2.24, 2.45) is 5.92 Å². The molecule has 1 fully saturated rings. The Morgan fingerprint density at radius 1 is 1.06 bits per heavy atom. The highest BCUT2D eigenvalue weighted by Gasteiger charge is 2.46. The molecule has 3 rings (SSSR count). The summed E-state index contributed by atoms with van der Waals surface area (Å²) in [5.41, 5.74) is -0.210. The van der Waals surface area contributed by atoms with E-state index in [9.17, 15) is 23.1 Å². The summed E-state index contributed by atoms with van der Waals surface area (Å²) >= 11 is 12.0. The molecule has 34 heavy (non-hydrogen) atoms. The van der Waals surface area contributed by atoms with Crippen LogP contribution in [0.3, 0.4) is 0 Å². The van der Waals surface area contributed by atoms with Gasteiger partial charge in [-0.05, 0) is 42.5 Å². The number of benzene rings is 2. The molecule has 2 N–H and O–H groups in total. The summed E-state index contributed by atoms with van der Waals surface area (Å²) in [4.78, 5) is 24.9. The first-order chi connectivity index (χ1) is 16.0. The second-order valence-electron chi connectivity index (χ2n) is 8.88. The van der Waals surface area contributed by atoms with Gasteiger partial charge >= 0.3 is 5.97 Å². The number of nitrogens with one attached hydrogen (secondary N) is 1. The van der Waals surface area contributed by atoms with Crippen LogP contribution < -0.4 is 5.32 Å². The lowest BCUT2D eigenvalue weighted by molar-refractivity contribution is -0.138. The molecule has 1 saturated heterocycles. The van der Waals surface area contributed by atoms with Gasteiger partial charge in [-0.15, -0.1) is 0 Å². The Kier molecular flexibility index (Phi) is 8.29. The zero-order chi connectivity index (χ0) is 25.1. The third-order valence-corrected chi connectivity index (χ3v) is 8.64. The fourth-order valence-electron chi connectivity index (χ4n) is 4.29. The first kappa shape index (κ1) is 26.5. The molecule has 1 aliphatic rings. The molecule has 0 spiro atoms. The van der Waals surface area contributed by atoms with Gasteiger partial charge in [-0.1, -0.05) is 67.4 Å². The van der Waals surface area contributed by atoms with Gasteiger partial charge in [0.1, 0.15) is 0 Å². The minimum atomic E-state index is -3.86. The van der Waals surface area contributed by atoms with Crippen LogP contribution in [0.25, 0.3) is 0 Å². The Labute approximate surface area is 210 Å². The Bertz CT molecular complexity index is 1130. The van der Waals surface area contributed by atoms with E-state index < -0.39 is 27.4 Å². The summed E-state index contributed by atoms with van der Waals surface area (Å²) in [6.45, 7) is 3.93. The van der Waals surface area contributed by atoms with Crippen LogP contribution >= 0.6 is 23.2 Å². The van der Waals surface area contributed by atoms with E-state index in [1.165, 1.54) is 22.5 Å². The van der Waals surface area contributed by atoms with Gasteiger partial charge in [0.2, 0.25) is 15.9 Å². The van der Waals surface area contributed by atoms with Crippen molar-refractivity contribution >= 4 is 45.1 Å². The van der Waals surface area contributed by atoms with Crippen molar-refractivity contribution in [1.29, 1.82) is 0 Å². The first-order valence-corrected chi connectivity index (χ1v) is 13.2. The highest BCUT2D eigenvalue weighted by atomic mass is 35.5. The quantitative estimate of drug-likeness (QED) is 0.532. The molecule has 184 valence electrons. The summed E-state index contributed by atoms with van der Waals surface area (Å²) in [5, 5.41) is 12.6.